The van der Waals surface area contributed by atoms with Crippen LogP contribution in [0.2, 0.25) is 0 Å². The molecule has 6 nitrogen and oxygen atoms in total. The molecule has 0 saturated carbocycles. The van der Waals surface area contributed by atoms with Crippen LogP contribution >= 0.6 is 0 Å². The summed E-state index contributed by atoms with van der Waals surface area (Å²) in [5.41, 5.74) is 4.22. The molecule has 132 valence electrons. The number of nitrogens with two attached hydrogens (primary N) is 1. The Bertz CT molecular complexity index is 856. The number of ether oxygens (including phenoxy) is 2. The van der Waals surface area contributed by atoms with Crippen molar-refractivity contribution in [3.63, 3.8) is 0 Å². The summed E-state index contributed by atoms with van der Waals surface area (Å²) in [7, 11) is 2.24. The molecule has 0 fully saturated rings. The normalized spacial score (nSPS) is 10.3. The molecule has 3 N–H and O–H groups in total. The average Bonchev–Trinajstić information content (AvgIpc) is 2.59. The van der Waals surface area contributed by atoms with E-state index in [1.54, 1.807) is 0 Å². The first-order valence-corrected chi connectivity index (χ1v) is 6.80. The van der Waals surface area contributed by atoms with Crippen LogP contribution in [0.15, 0.2) is 24.3 Å². The van der Waals surface area contributed by atoms with Gasteiger partial charge < -0.3 is 20.5 Å². The van der Waals surface area contributed by atoms with Gasteiger partial charge in [0.2, 0.25) is 11.7 Å². The first-order chi connectivity index (χ1) is 11.8. The molecule has 25 heavy (non-hydrogen) atoms. The van der Waals surface area contributed by atoms with E-state index < -0.39 is 40.7 Å². The number of hydrogen-bond acceptors (Lipinski definition) is 4. The SMILES string of the molecule is COc1ccc(C(N)=O)cc1C(=O)Nc1cc(F)c(OC)c(F)c1F. The van der Waals surface area contributed by atoms with Crippen LogP contribution in [-0.4, -0.2) is 26.0 Å². The maximum Gasteiger partial charge on any atom is 0.259 e. The molecule has 2 rings (SSSR count). The molecule has 2 aromatic carbocycles. The minimum absolute atomic E-state index is 0.00138. The Kier molecular flexibility index (Phi) is 5.16. The van der Waals surface area contributed by atoms with Crippen molar-refractivity contribution in [1.82, 2.24) is 0 Å². The van der Waals surface area contributed by atoms with Gasteiger partial charge in [-0.2, -0.15) is 4.39 Å². The van der Waals surface area contributed by atoms with Crippen LogP contribution in [0.1, 0.15) is 20.7 Å². The topological polar surface area (TPSA) is 90.7 Å². The van der Waals surface area contributed by atoms with Crippen molar-refractivity contribution in [2.24, 2.45) is 5.73 Å². The van der Waals surface area contributed by atoms with Gasteiger partial charge in [0.15, 0.2) is 17.4 Å². The predicted molar refractivity (Wildman–Crippen MR) is 82.3 cm³/mol. The van der Waals surface area contributed by atoms with E-state index in [0.29, 0.717) is 6.07 Å². The number of nitrogens with one attached hydrogen (secondary N) is 1. The molecule has 0 radical (unpaired) electrons. The maximum absolute atomic E-state index is 14.0. The largest absolute Gasteiger partial charge is 0.496 e. The van der Waals surface area contributed by atoms with Gasteiger partial charge in [-0.15, -0.1) is 0 Å². The Hall–Kier alpha value is -3.23. The molecule has 0 spiro atoms. The van der Waals surface area contributed by atoms with E-state index in [9.17, 15) is 22.8 Å². The molecular weight excluding hydrogens is 341 g/mol. The van der Waals surface area contributed by atoms with Gasteiger partial charge in [-0.1, -0.05) is 0 Å². The summed E-state index contributed by atoms with van der Waals surface area (Å²) in [6.07, 6.45) is 0. The van der Waals surface area contributed by atoms with Crippen molar-refractivity contribution in [3.8, 4) is 11.5 Å². The van der Waals surface area contributed by atoms with E-state index in [1.165, 1.54) is 19.2 Å². The van der Waals surface area contributed by atoms with Crippen LogP contribution in [0.3, 0.4) is 0 Å². The number of benzene rings is 2. The molecule has 0 atom stereocenters. The van der Waals surface area contributed by atoms with E-state index in [4.69, 9.17) is 10.5 Å². The highest BCUT2D eigenvalue weighted by molar-refractivity contribution is 6.08. The van der Waals surface area contributed by atoms with Crippen LogP contribution in [0.5, 0.6) is 11.5 Å². The molecule has 2 aromatic rings. The van der Waals surface area contributed by atoms with Gasteiger partial charge in [-0.25, -0.2) is 8.78 Å². The Morgan fingerprint density at radius 2 is 1.72 bits per heavy atom. The Morgan fingerprint density at radius 3 is 2.28 bits per heavy atom. The monoisotopic (exact) mass is 354 g/mol. The van der Waals surface area contributed by atoms with E-state index in [1.807, 2.05) is 5.32 Å². The van der Waals surface area contributed by atoms with E-state index in [2.05, 4.69) is 4.74 Å². The summed E-state index contributed by atoms with van der Waals surface area (Å²) in [5, 5.41) is 2.02. The molecule has 0 aromatic heterocycles. The van der Waals surface area contributed by atoms with Crippen molar-refractivity contribution < 1.29 is 32.2 Å². The zero-order chi connectivity index (χ0) is 18.7. The third kappa shape index (κ3) is 3.49. The molecule has 2 amide bonds. The second-order valence-electron chi connectivity index (χ2n) is 4.80. The number of halogens is 3. The van der Waals surface area contributed by atoms with E-state index in [-0.39, 0.29) is 16.9 Å². The fourth-order valence-corrected chi connectivity index (χ4v) is 2.08. The summed E-state index contributed by atoms with van der Waals surface area (Å²) in [6, 6.07) is 4.32. The smallest absolute Gasteiger partial charge is 0.259 e. The number of methoxy groups -OCH3 is 2. The molecule has 9 heteroatoms. The zero-order valence-corrected chi connectivity index (χ0v) is 13.2. The van der Waals surface area contributed by atoms with Crippen molar-refractivity contribution >= 4 is 17.5 Å². The summed E-state index contributed by atoms with van der Waals surface area (Å²) in [6.45, 7) is 0. The van der Waals surface area contributed by atoms with Gasteiger partial charge in [0, 0.05) is 11.6 Å². The van der Waals surface area contributed by atoms with Crippen molar-refractivity contribution in [1.29, 1.82) is 0 Å². The Labute approximate surface area is 140 Å². The van der Waals surface area contributed by atoms with Crippen LogP contribution in [0, 0.1) is 17.5 Å². The Balaban J connectivity index is 2.44. The lowest BCUT2D eigenvalue weighted by molar-refractivity contribution is 0.1000. The summed E-state index contributed by atoms with van der Waals surface area (Å²) in [4.78, 5) is 23.5. The highest BCUT2D eigenvalue weighted by Gasteiger charge is 2.22. The molecule has 0 aliphatic rings. The number of primary amides is 1. The molecule has 0 aliphatic carbocycles. The first kappa shape index (κ1) is 18.1. The number of carbonyl (C=O) groups is 2. The van der Waals surface area contributed by atoms with Gasteiger partial charge in [-0.05, 0) is 18.2 Å². The third-order valence-electron chi connectivity index (χ3n) is 3.30. The molecule has 0 aliphatic heterocycles. The maximum atomic E-state index is 14.0. The fraction of sp³-hybridized carbons (Fsp3) is 0.125. The number of amides is 2. The molecule has 0 heterocycles. The highest BCUT2D eigenvalue weighted by atomic mass is 19.2. The number of anilines is 1. The van der Waals surface area contributed by atoms with E-state index >= 15 is 0 Å². The average molecular weight is 354 g/mol. The van der Waals surface area contributed by atoms with Crippen LogP contribution < -0.4 is 20.5 Å². The van der Waals surface area contributed by atoms with Crippen molar-refractivity contribution in [2.45, 2.75) is 0 Å². The van der Waals surface area contributed by atoms with Crippen molar-refractivity contribution in [2.75, 3.05) is 19.5 Å². The first-order valence-electron chi connectivity index (χ1n) is 6.80. The number of rotatable bonds is 5. The molecule has 0 bridgehead atoms. The quantitative estimate of drug-likeness (QED) is 0.807. The summed E-state index contributed by atoms with van der Waals surface area (Å²) >= 11 is 0. The van der Waals surface area contributed by atoms with Crippen LogP contribution in [0.25, 0.3) is 0 Å². The zero-order valence-electron chi connectivity index (χ0n) is 13.2. The number of hydrogen-bond donors (Lipinski definition) is 2. The van der Waals surface area contributed by atoms with Crippen molar-refractivity contribution in [3.05, 3.63) is 52.8 Å². The molecular formula is C16H13F3N2O4. The van der Waals surface area contributed by atoms with Gasteiger partial charge in [0.1, 0.15) is 5.75 Å². The summed E-state index contributed by atoms with van der Waals surface area (Å²) in [5.74, 6) is -6.91. The Morgan fingerprint density at radius 1 is 1.04 bits per heavy atom. The standard InChI is InChI=1S/C16H13F3N2O4/c1-24-11-4-3-7(15(20)22)5-8(11)16(23)21-10-6-9(17)14(25-2)13(19)12(10)18/h3-6H,1-2H3,(H2,20,22)(H,21,23). The lowest BCUT2D eigenvalue weighted by Crippen LogP contribution is -2.17. The van der Waals surface area contributed by atoms with Crippen LogP contribution in [-0.2, 0) is 0 Å². The van der Waals surface area contributed by atoms with Gasteiger partial charge in [0.25, 0.3) is 5.91 Å². The minimum Gasteiger partial charge on any atom is -0.496 e. The lowest BCUT2D eigenvalue weighted by Gasteiger charge is -2.12. The molecule has 0 saturated heterocycles. The van der Waals surface area contributed by atoms with Gasteiger partial charge in [-0.3, -0.25) is 9.59 Å². The minimum atomic E-state index is -1.59. The van der Waals surface area contributed by atoms with Gasteiger partial charge >= 0.3 is 0 Å². The third-order valence-corrected chi connectivity index (χ3v) is 3.30. The highest BCUT2D eigenvalue weighted by Crippen LogP contribution is 2.30. The summed E-state index contributed by atoms with van der Waals surface area (Å²) < 4.78 is 50.7. The van der Waals surface area contributed by atoms with Crippen LogP contribution in [0.4, 0.5) is 18.9 Å². The second-order valence-corrected chi connectivity index (χ2v) is 4.80. The number of carbonyl (C=O) groups excluding carboxylic acids is 2. The lowest BCUT2D eigenvalue weighted by atomic mass is 10.1. The predicted octanol–water partition coefficient (Wildman–Crippen LogP) is 2.47. The second kappa shape index (κ2) is 7.12. The fourth-order valence-electron chi connectivity index (χ4n) is 2.08. The molecule has 0 unspecified atom stereocenters. The van der Waals surface area contributed by atoms with Gasteiger partial charge in [0.05, 0.1) is 25.5 Å². The van der Waals surface area contributed by atoms with E-state index in [0.717, 1.165) is 13.2 Å².